The molecule has 6 rings (SSSR count). The van der Waals surface area contributed by atoms with Crippen LogP contribution in [0.25, 0.3) is 32.8 Å². The van der Waals surface area contributed by atoms with Crippen molar-refractivity contribution < 1.29 is 27.8 Å². The van der Waals surface area contributed by atoms with Crippen molar-refractivity contribution in [3.8, 4) is 28.3 Å². The Labute approximate surface area is 333 Å². The Balaban J connectivity index is 1.50. The number of fused-ring (bicyclic) bond motifs is 4. The number of halogens is 3. The number of nitrogens with zero attached hydrogens (tertiary/aromatic N) is 3. The lowest BCUT2D eigenvalue weighted by atomic mass is 9.86. The highest BCUT2D eigenvalue weighted by atomic mass is 127. The molecule has 3 atom stereocenters. The van der Waals surface area contributed by atoms with Crippen LogP contribution in [-0.4, -0.2) is 60.6 Å². The van der Waals surface area contributed by atoms with E-state index in [1.165, 1.54) is 13.2 Å². The van der Waals surface area contributed by atoms with Crippen molar-refractivity contribution in [2.24, 2.45) is 0 Å². The van der Waals surface area contributed by atoms with Gasteiger partial charge in [0, 0.05) is 64.0 Å². The Kier molecular flexibility index (Phi) is 11.7. The Bertz CT molecular complexity index is 2110. The summed E-state index contributed by atoms with van der Waals surface area (Å²) in [6, 6.07) is 10.4. The third kappa shape index (κ3) is 7.59. The Hall–Kier alpha value is -3.34. The number of carbonyl (C=O) groups is 1. The van der Waals surface area contributed by atoms with Gasteiger partial charge in [0.1, 0.15) is 30.8 Å². The molecule has 4 aromatic rings. The molecule has 288 valence electrons. The van der Waals surface area contributed by atoms with Crippen molar-refractivity contribution >= 4 is 58.4 Å². The Morgan fingerprint density at radius 1 is 0.963 bits per heavy atom. The van der Waals surface area contributed by atoms with Crippen molar-refractivity contribution in [1.29, 1.82) is 0 Å². The molecular formula is C43H52F2IN3O4Si. The second-order valence-electron chi connectivity index (χ2n) is 16.8. The summed E-state index contributed by atoms with van der Waals surface area (Å²) in [6.07, 6.45) is 2.93. The van der Waals surface area contributed by atoms with E-state index in [1.54, 1.807) is 18.2 Å². The molecule has 0 aliphatic carbocycles. The first-order valence-electron chi connectivity index (χ1n) is 19.0. The topological polar surface area (TPSA) is 73.8 Å². The van der Waals surface area contributed by atoms with E-state index in [2.05, 4.69) is 80.6 Å². The number of rotatable bonds is 8. The second kappa shape index (κ2) is 15.7. The van der Waals surface area contributed by atoms with Crippen molar-refractivity contribution in [3.05, 3.63) is 63.1 Å². The van der Waals surface area contributed by atoms with Crippen LogP contribution in [0.1, 0.15) is 105 Å². The third-order valence-corrected chi connectivity index (χ3v) is 18.2. The van der Waals surface area contributed by atoms with Crippen LogP contribution in [0.15, 0.2) is 36.4 Å². The SMILES string of the molecule is COCOc1cc(-c2ccc3c(C4C[C@H]5CC[C@@H](C4)N5C(=O)OC(C)(C)C)nc(I)nc3c2F)c2c(C#C[Si](C(C)C)(C(C)C)C(C)C)c(F)ccc2c1. The monoisotopic (exact) mass is 867 g/mol. The molecule has 0 N–H and O–H groups in total. The second-order valence-corrected chi connectivity index (χ2v) is 23.4. The van der Waals surface area contributed by atoms with Gasteiger partial charge in [0.25, 0.3) is 0 Å². The molecule has 0 radical (unpaired) electrons. The van der Waals surface area contributed by atoms with Crippen LogP contribution in [0.3, 0.4) is 0 Å². The summed E-state index contributed by atoms with van der Waals surface area (Å²) < 4.78 is 50.6. The molecule has 3 aromatic carbocycles. The van der Waals surface area contributed by atoms with Crippen LogP contribution in [0.5, 0.6) is 5.75 Å². The molecule has 3 heterocycles. The van der Waals surface area contributed by atoms with E-state index in [0.717, 1.165) is 18.5 Å². The first-order valence-corrected chi connectivity index (χ1v) is 22.4. The molecule has 2 aliphatic heterocycles. The molecule has 54 heavy (non-hydrogen) atoms. The molecule has 0 saturated carbocycles. The molecule has 2 aliphatic rings. The number of amides is 1. The van der Waals surface area contributed by atoms with Crippen LogP contribution in [0.2, 0.25) is 16.6 Å². The van der Waals surface area contributed by atoms with E-state index in [4.69, 9.17) is 19.2 Å². The van der Waals surface area contributed by atoms with E-state index < -0.39 is 25.3 Å². The maximum atomic E-state index is 17.3. The van der Waals surface area contributed by atoms with Gasteiger partial charge in [-0.15, -0.1) is 5.54 Å². The molecule has 1 amide bonds. The van der Waals surface area contributed by atoms with Crippen LogP contribution in [0.4, 0.5) is 13.6 Å². The van der Waals surface area contributed by atoms with Crippen molar-refractivity contribution in [2.75, 3.05) is 13.9 Å². The van der Waals surface area contributed by atoms with E-state index >= 15 is 8.78 Å². The molecule has 2 saturated heterocycles. The Morgan fingerprint density at radius 2 is 1.61 bits per heavy atom. The van der Waals surface area contributed by atoms with Gasteiger partial charge in [0.15, 0.2) is 16.4 Å². The average molecular weight is 868 g/mol. The minimum absolute atomic E-state index is 0.00615. The number of methoxy groups -OCH3 is 1. The molecule has 0 spiro atoms. The number of carbonyl (C=O) groups excluding carboxylic acids is 1. The molecule has 7 nitrogen and oxygen atoms in total. The lowest BCUT2D eigenvalue weighted by Gasteiger charge is -2.39. The number of hydrogen-bond acceptors (Lipinski definition) is 6. The number of piperidine rings is 1. The first kappa shape index (κ1) is 40.3. The number of aromatic nitrogens is 2. The molecule has 2 fully saturated rings. The zero-order chi connectivity index (χ0) is 39.3. The van der Waals surface area contributed by atoms with Gasteiger partial charge in [0.05, 0.1) is 11.3 Å². The van der Waals surface area contributed by atoms with E-state index in [9.17, 15) is 4.79 Å². The van der Waals surface area contributed by atoms with Gasteiger partial charge in [-0.25, -0.2) is 23.5 Å². The van der Waals surface area contributed by atoms with Gasteiger partial charge < -0.3 is 19.1 Å². The largest absolute Gasteiger partial charge is 0.468 e. The lowest BCUT2D eigenvalue weighted by Crippen LogP contribution is -2.48. The summed E-state index contributed by atoms with van der Waals surface area (Å²) in [5, 5.41) is 1.84. The zero-order valence-corrected chi connectivity index (χ0v) is 36.2. The predicted molar refractivity (Wildman–Crippen MR) is 222 cm³/mol. The minimum Gasteiger partial charge on any atom is -0.468 e. The average Bonchev–Trinajstić information content (AvgIpc) is 3.36. The minimum atomic E-state index is -2.24. The Morgan fingerprint density at radius 3 is 2.20 bits per heavy atom. The van der Waals surface area contributed by atoms with E-state index in [1.807, 2.05) is 37.8 Å². The highest BCUT2D eigenvalue weighted by Crippen LogP contribution is 2.46. The predicted octanol–water partition coefficient (Wildman–Crippen LogP) is 11.5. The standard InChI is InChI=1S/C43H52F2IN3O4Si/c1-24(2)54(25(3)4,26(5)6)18-17-33-36(44)16-11-27-21-31(52-23-51-10)22-35(37(27)33)32-14-15-34-39(47-41(46)48-40(34)38(32)45)28-19-29-12-13-30(20-28)49(29)42(50)53-43(7,8)9/h11,14-16,21-22,24-26,28-30H,12-13,19-20,23H2,1-10H3/t28?,29-,30+. The summed E-state index contributed by atoms with van der Waals surface area (Å²) in [6.45, 7) is 19.0. The number of hydrogen-bond donors (Lipinski definition) is 0. The first-order chi connectivity index (χ1) is 25.5. The summed E-state index contributed by atoms with van der Waals surface area (Å²) in [4.78, 5) is 24.6. The molecule has 1 aromatic heterocycles. The quantitative estimate of drug-likeness (QED) is 0.0577. The number of ether oxygens (including phenoxy) is 3. The van der Waals surface area contributed by atoms with Gasteiger partial charge in [-0.3, -0.25) is 0 Å². The maximum Gasteiger partial charge on any atom is 0.410 e. The van der Waals surface area contributed by atoms with E-state index in [0.29, 0.717) is 60.8 Å². The van der Waals surface area contributed by atoms with Gasteiger partial charge in [0.2, 0.25) is 0 Å². The van der Waals surface area contributed by atoms with Gasteiger partial charge >= 0.3 is 6.09 Å². The van der Waals surface area contributed by atoms with Gasteiger partial charge in [-0.2, -0.15) is 0 Å². The van der Waals surface area contributed by atoms with Gasteiger partial charge in [-0.1, -0.05) is 65.7 Å². The molecule has 11 heteroatoms. The van der Waals surface area contributed by atoms with Crippen LogP contribution in [-0.2, 0) is 9.47 Å². The maximum absolute atomic E-state index is 17.3. The highest BCUT2D eigenvalue weighted by molar-refractivity contribution is 14.1. The summed E-state index contributed by atoms with van der Waals surface area (Å²) in [7, 11) is -0.703. The number of benzene rings is 3. The zero-order valence-electron chi connectivity index (χ0n) is 33.1. The molecular weight excluding hydrogens is 815 g/mol. The van der Waals surface area contributed by atoms with Crippen molar-refractivity contribution in [1.82, 2.24) is 14.9 Å². The van der Waals surface area contributed by atoms with Crippen molar-refractivity contribution in [3.63, 3.8) is 0 Å². The van der Waals surface area contributed by atoms with Crippen molar-refractivity contribution in [2.45, 2.75) is 128 Å². The fourth-order valence-corrected chi connectivity index (χ4v) is 15.0. The van der Waals surface area contributed by atoms with Crippen LogP contribution < -0.4 is 4.74 Å². The highest BCUT2D eigenvalue weighted by Gasteiger charge is 2.46. The van der Waals surface area contributed by atoms with E-state index in [-0.39, 0.29) is 47.5 Å². The lowest BCUT2D eigenvalue weighted by molar-refractivity contribution is 0.00573. The summed E-state index contributed by atoms with van der Waals surface area (Å²) in [5.41, 5.74) is 6.14. The van der Waals surface area contributed by atoms with Gasteiger partial charge in [-0.05, 0) is 92.2 Å². The molecule has 1 unspecified atom stereocenters. The summed E-state index contributed by atoms with van der Waals surface area (Å²) in [5.74, 6) is 2.86. The molecule has 2 bridgehead atoms. The summed E-state index contributed by atoms with van der Waals surface area (Å²) >= 11 is 2.06. The normalized spacial score (nSPS) is 18.9. The third-order valence-electron chi connectivity index (χ3n) is 11.5. The smallest absolute Gasteiger partial charge is 0.410 e. The van der Waals surface area contributed by atoms with Crippen LogP contribution in [0, 0.1) is 26.9 Å². The van der Waals surface area contributed by atoms with Crippen LogP contribution >= 0.6 is 22.6 Å². The fraction of sp³-hybridized carbons (Fsp3) is 0.512. The fourth-order valence-electron chi connectivity index (χ4n) is 9.25.